The summed E-state index contributed by atoms with van der Waals surface area (Å²) in [4.78, 5) is 4.33. The van der Waals surface area contributed by atoms with Gasteiger partial charge in [-0.05, 0) is 39.5 Å². The van der Waals surface area contributed by atoms with Gasteiger partial charge in [0.15, 0.2) is 5.96 Å². The van der Waals surface area contributed by atoms with Crippen LogP contribution in [0.1, 0.15) is 33.6 Å². The summed E-state index contributed by atoms with van der Waals surface area (Å²) in [5, 5.41) is 16.1. The molecule has 106 valence electrons. The number of aliphatic imine (C=N–C) groups is 1. The minimum Gasteiger partial charge on any atom is -0.389 e. The third kappa shape index (κ3) is 7.50. The molecule has 1 fully saturated rings. The molecular formula is C13H27N3O2. The zero-order valence-corrected chi connectivity index (χ0v) is 11.8. The van der Waals surface area contributed by atoms with Crippen LogP contribution in [0.2, 0.25) is 0 Å². The summed E-state index contributed by atoms with van der Waals surface area (Å²) in [5.41, 5.74) is 0. The third-order valence-corrected chi connectivity index (χ3v) is 2.59. The van der Waals surface area contributed by atoms with Crippen molar-refractivity contribution in [2.24, 2.45) is 10.9 Å². The molecule has 1 aliphatic rings. The van der Waals surface area contributed by atoms with Crippen molar-refractivity contribution in [1.82, 2.24) is 10.6 Å². The predicted molar refractivity (Wildman–Crippen MR) is 73.8 cm³/mol. The van der Waals surface area contributed by atoms with Gasteiger partial charge in [-0.25, -0.2) is 0 Å². The van der Waals surface area contributed by atoms with Crippen molar-refractivity contribution in [3.05, 3.63) is 0 Å². The van der Waals surface area contributed by atoms with Crippen LogP contribution in [-0.4, -0.2) is 49.5 Å². The van der Waals surface area contributed by atoms with E-state index in [1.165, 1.54) is 12.8 Å². The monoisotopic (exact) mass is 257 g/mol. The number of hydrogen-bond acceptors (Lipinski definition) is 3. The molecule has 0 aromatic rings. The zero-order valence-electron chi connectivity index (χ0n) is 11.8. The highest BCUT2D eigenvalue weighted by Gasteiger charge is 2.21. The van der Waals surface area contributed by atoms with Gasteiger partial charge in [0.25, 0.3) is 0 Å². The molecule has 0 amide bonds. The number of rotatable bonds is 8. The maximum Gasteiger partial charge on any atom is 0.191 e. The Morgan fingerprint density at radius 1 is 1.44 bits per heavy atom. The first kappa shape index (κ1) is 15.2. The number of hydrogen-bond donors (Lipinski definition) is 3. The summed E-state index contributed by atoms with van der Waals surface area (Å²) in [6, 6.07) is 0.325. The van der Waals surface area contributed by atoms with Crippen LogP contribution >= 0.6 is 0 Å². The summed E-state index contributed by atoms with van der Waals surface area (Å²) >= 11 is 0. The molecule has 0 aromatic carbocycles. The first-order valence-corrected chi connectivity index (χ1v) is 6.92. The SMILES string of the molecule is CCNC(=NCC(O)COCC1CC1)NC(C)C. The molecule has 0 saturated heterocycles. The molecule has 0 aromatic heterocycles. The molecule has 5 heteroatoms. The van der Waals surface area contributed by atoms with Gasteiger partial charge in [-0.3, -0.25) is 4.99 Å². The Bertz CT molecular complexity index is 253. The molecule has 0 aliphatic heterocycles. The number of ether oxygens (including phenoxy) is 1. The average Bonchev–Trinajstić information content (AvgIpc) is 3.09. The average molecular weight is 257 g/mol. The van der Waals surface area contributed by atoms with Gasteiger partial charge >= 0.3 is 0 Å². The fraction of sp³-hybridized carbons (Fsp3) is 0.923. The van der Waals surface area contributed by atoms with E-state index in [4.69, 9.17) is 4.74 Å². The lowest BCUT2D eigenvalue weighted by Gasteiger charge is -2.15. The topological polar surface area (TPSA) is 65.9 Å². The van der Waals surface area contributed by atoms with Crippen molar-refractivity contribution in [2.45, 2.75) is 45.8 Å². The lowest BCUT2D eigenvalue weighted by Crippen LogP contribution is -2.41. The minimum atomic E-state index is -0.522. The van der Waals surface area contributed by atoms with E-state index in [9.17, 15) is 5.11 Å². The normalized spacial score (nSPS) is 17.9. The number of guanidine groups is 1. The Morgan fingerprint density at radius 2 is 2.17 bits per heavy atom. The van der Waals surface area contributed by atoms with Crippen LogP contribution in [-0.2, 0) is 4.74 Å². The van der Waals surface area contributed by atoms with Gasteiger partial charge in [-0.15, -0.1) is 0 Å². The van der Waals surface area contributed by atoms with Crippen LogP contribution in [0.25, 0.3) is 0 Å². The third-order valence-electron chi connectivity index (χ3n) is 2.59. The quantitative estimate of drug-likeness (QED) is 0.443. The first-order valence-electron chi connectivity index (χ1n) is 6.92. The van der Waals surface area contributed by atoms with Crippen molar-refractivity contribution in [3.8, 4) is 0 Å². The molecule has 1 rings (SSSR count). The van der Waals surface area contributed by atoms with Crippen molar-refractivity contribution >= 4 is 5.96 Å². The second kappa shape index (κ2) is 8.32. The molecule has 1 unspecified atom stereocenters. The lowest BCUT2D eigenvalue weighted by atomic mass is 10.4. The van der Waals surface area contributed by atoms with Crippen LogP contribution in [0.4, 0.5) is 0 Å². The standard InChI is InChI=1S/C13H27N3O2/c1-4-14-13(16-10(2)3)15-7-12(17)9-18-8-11-5-6-11/h10-12,17H,4-9H2,1-3H3,(H2,14,15,16). The molecule has 5 nitrogen and oxygen atoms in total. The molecule has 1 saturated carbocycles. The maximum atomic E-state index is 9.75. The van der Waals surface area contributed by atoms with Crippen LogP contribution in [0.3, 0.4) is 0 Å². The Kier molecular flexibility index (Phi) is 7.05. The molecule has 1 atom stereocenters. The number of aliphatic hydroxyl groups is 1. The first-order chi connectivity index (χ1) is 8.61. The van der Waals surface area contributed by atoms with E-state index in [-0.39, 0.29) is 0 Å². The van der Waals surface area contributed by atoms with Crippen LogP contribution in [0, 0.1) is 5.92 Å². The summed E-state index contributed by atoms with van der Waals surface area (Å²) < 4.78 is 5.43. The van der Waals surface area contributed by atoms with Gasteiger partial charge in [0.1, 0.15) is 0 Å². The minimum absolute atomic E-state index is 0.325. The van der Waals surface area contributed by atoms with Crippen LogP contribution < -0.4 is 10.6 Å². The van der Waals surface area contributed by atoms with E-state index < -0.39 is 6.10 Å². The molecule has 0 heterocycles. The molecule has 0 radical (unpaired) electrons. The largest absolute Gasteiger partial charge is 0.389 e. The van der Waals surface area contributed by atoms with Gasteiger partial charge in [0, 0.05) is 19.2 Å². The van der Waals surface area contributed by atoms with Crippen LogP contribution in [0.5, 0.6) is 0 Å². The smallest absolute Gasteiger partial charge is 0.191 e. The number of nitrogens with zero attached hydrogens (tertiary/aromatic N) is 1. The molecule has 0 bridgehead atoms. The maximum absolute atomic E-state index is 9.75. The Hall–Kier alpha value is -0.810. The van der Waals surface area contributed by atoms with E-state index in [2.05, 4.69) is 29.5 Å². The van der Waals surface area contributed by atoms with Crippen molar-refractivity contribution < 1.29 is 9.84 Å². The highest BCUT2D eigenvalue weighted by atomic mass is 16.5. The number of aliphatic hydroxyl groups excluding tert-OH is 1. The predicted octanol–water partition coefficient (Wildman–Crippen LogP) is 0.737. The van der Waals surface area contributed by atoms with E-state index in [0.29, 0.717) is 19.2 Å². The molecule has 3 N–H and O–H groups in total. The van der Waals surface area contributed by atoms with Crippen molar-refractivity contribution in [1.29, 1.82) is 0 Å². The fourth-order valence-electron chi connectivity index (χ4n) is 1.50. The summed E-state index contributed by atoms with van der Waals surface area (Å²) in [6.07, 6.45) is 2.03. The van der Waals surface area contributed by atoms with Crippen molar-refractivity contribution in [2.75, 3.05) is 26.3 Å². The number of nitrogens with one attached hydrogen (secondary N) is 2. The summed E-state index contributed by atoms with van der Waals surface area (Å²) in [6.45, 7) is 8.47. The second-order valence-corrected chi connectivity index (χ2v) is 5.15. The molecule has 1 aliphatic carbocycles. The van der Waals surface area contributed by atoms with Gasteiger partial charge in [0.2, 0.25) is 0 Å². The zero-order chi connectivity index (χ0) is 13.4. The summed E-state index contributed by atoms with van der Waals surface area (Å²) in [5.74, 6) is 1.48. The van der Waals surface area contributed by atoms with E-state index in [0.717, 1.165) is 25.0 Å². The summed E-state index contributed by atoms with van der Waals surface area (Å²) in [7, 11) is 0. The van der Waals surface area contributed by atoms with E-state index in [1.807, 2.05) is 6.92 Å². The van der Waals surface area contributed by atoms with Gasteiger partial charge in [-0.2, -0.15) is 0 Å². The van der Waals surface area contributed by atoms with Crippen LogP contribution in [0.15, 0.2) is 4.99 Å². The molecule has 18 heavy (non-hydrogen) atoms. The van der Waals surface area contributed by atoms with Gasteiger partial charge < -0.3 is 20.5 Å². The van der Waals surface area contributed by atoms with E-state index >= 15 is 0 Å². The highest BCUT2D eigenvalue weighted by Crippen LogP contribution is 2.28. The Morgan fingerprint density at radius 3 is 2.72 bits per heavy atom. The van der Waals surface area contributed by atoms with Gasteiger partial charge in [-0.1, -0.05) is 0 Å². The van der Waals surface area contributed by atoms with Crippen molar-refractivity contribution in [3.63, 3.8) is 0 Å². The molecular weight excluding hydrogens is 230 g/mol. The van der Waals surface area contributed by atoms with E-state index in [1.54, 1.807) is 0 Å². The Labute approximate surface area is 110 Å². The Balaban J connectivity index is 2.18. The lowest BCUT2D eigenvalue weighted by molar-refractivity contribution is 0.0368. The molecule has 0 spiro atoms. The second-order valence-electron chi connectivity index (χ2n) is 5.15. The van der Waals surface area contributed by atoms with Gasteiger partial charge in [0.05, 0.1) is 19.3 Å². The fourth-order valence-corrected chi connectivity index (χ4v) is 1.50. The highest BCUT2D eigenvalue weighted by molar-refractivity contribution is 5.79.